The highest BCUT2D eigenvalue weighted by Gasteiger charge is 2.25. The highest BCUT2D eigenvalue weighted by atomic mass is 16.3. The highest BCUT2D eigenvalue weighted by molar-refractivity contribution is 5.76. The molecule has 0 aromatic carbocycles. The van der Waals surface area contributed by atoms with Crippen LogP contribution in [0.5, 0.6) is 0 Å². The molecule has 1 aliphatic heterocycles. The maximum Gasteiger partial charge on any atom is 0.221 e. The number of nitrogens with one attached hydrogen (secondary N) is 1. The summed E-state index contributed by atoms with van der Waals surface area (Å²) in [6.45, 7) is 0.760. The molecule has 0 radical (unpaired) electrons. The number of carbonyl (C=O) groups is 1. The molecule has 0 saturated heterocycles. The van der Waals surface area contributed by atoms with Crippen LogP contribution in [0.4, 0.5) is 0 Å². The molecule has 1 heterocycles. The van der Waals surface area contributed by atoms with Crippen molar-refractivity contribution in [3.63, 3.8) is 0 Å². The van der Waals surface area contributed by atoms with E-state index in [2.05, 4.69) is 11.2 Å². The lowest BCUT2D eigenvalue weighted by Gasteiger charge is -2.23. The molecule has 0 aliphatic carbocycles. The SMILES string of the molecule is C#CCCNC(=O)CCN1C(O)C=CC1O. The predicted molar refractivity (Wildman–Crippen MR) is 58.9 cm³/mol. The van der Waals surface area contributed by atoms with E-state index in [1.165, 1.54) is 17.1 Å². The average molecular weight is 224 g/mol. The van der Waals surface area contributed by atoms with Crippen LogP contribution in [-0.2, 0) is 4.79 Å². The monoisotopic (exact) mass is 224 g/mol. The number of hydrogen-bond acceptors (Lipinski definition) is 4. The summed E-state index contributed by atoms with van der Waals surface area (Å²) in [7, 11) is 0. The minimum Gasteiger partial charge on any atom is -0.375 e. The summed E-state index contributed by atoms with van der Waals surface area (Å²) < 4.78 is 0. The first-order chi connectivity index (χ1) is 7.65. The fourth-order valence-electron chi connectivity index (χ4n) is 1.43. The van der Waals surface area contributed by atoms with Gasteiger partial charge in [0.25, 0.3) is 0 Å². The van der Waals surface area contributed by atoms with Gasteiger partial charge in [-0.15, -0.1) is 12.3 Å². The summed E-state index contributed by atoms with van der Waals surface area (Å²) in [5, 5.41) is 21.5. The van der Waals surface area contributed by atoms with Gasteiger partial charge in [-0.05, 0) is 12.2 Å². The van der Waals surface area contributed by atoms with Gasteiger partial charge in [-0.25, -0.2) is 4.90 Å². The molecule has 88 valence electrons. The fourth-order valence-corrected chi connectivity index (χ4v) is 1.43. The first-order valence-electron chi connectivity index (χ1n) is 5.15. The van der Waals surface area contributed by atoms with Gasteiger partial charge in [-0.1, -0.05) is 0 Å². The molecular formula is C11H16N2O3. The van der Waals surface area contributed by atoms with E-state index in [4.69, 9.17) is 6.42 Å². The highest BCUT2D eigenvalue weighted by Crippen LogP contribution is 2.12. The van der Waals surface area contributed by atoms with E-state index in [-0.39, 0.29) is 12.3 Å². The van der Waals surface area contributed by atoms with Crippen molar-refractivity contribution in [2.45, 2.75) is 25.3 Å². The van der Waals surface area contributed by atoms with E-state index < -0.39 is 12.5 Å². The summed E-state index contributed by atoms with van der Waals surface area (Å²) in [6, 6.07) is 0. The second-order valence-electron chi connectivity index (χ2n) is 3.50. The Kier molecular flexibility index (Phi) is 4.99. The molecule has 0 aromatic heterocycles. The molecule has 1 aliphatic rings. The lowest BCUT2D eigenvalue weighted by atomic mass is 10.3. The van der Waals surface area contributed by atoms with E-state index in [1.54, 1.807) is 0 Å². The second-order valence-corrected chi connectivity index (χ2v) is 3.50. The Labute approximate surface area is 94.8 Å². The Bertz CT molecular complexity index is 297. The van der Waals surface area contributed by atoms with Crippen LogP contribution < -0.4 is 5.32 Å². The van der Waals surface area contributed by atoms with Crippen molar-refractivity contribution in [2.24, 2.45) is 0 Å². The van der Waals surface area contributed by atoms with Crippen LogP contribution in [0.3, 0.4) is 0 Å². The van der Waals surface area contributed by atoms with E-state index in [9.17, 15) is 15.0 Å². The fraction of sp³-hybridized carbons (Fsp3) is 0.545. The summed E-state index contributed by atoms with van der Waals surface area (Å²) in [5.41, 5.74) is 0. The quantitative estimate of drug-likeness (QED) is 0.319. The lowest BCUT2D eigenvalue weighted by Crippen LogP contribution is -2.39. The number of aliphatic hydroxyl groups is 2. The molecule has 0 saturated carbocycles. The van der Waals surface area contributed by atoms with Crippen molar-refractivity contribution in [3.05, 3.63) is 12.2 Å². The van der Waals surface area contributed by atoms with Crippen molar-refractivity contribution in [3.8, 4) is 12.3 Å². The van der Waals surface area contributed by atoms with Gasteiger partial charge in [0.1, 0.15) is 12.5 Å². The molecule has 0 spiro atoms. The van der Waals surface area contributed by atoms with Crippen molar-refractivity contribution < 1.29 is 15.0 Å². The number of nitrogens with zero attached hydrogens (tertiary/aromatic N) is 1. The van der Waals surface area contributed by atoms with Gasteiger partial charge in [-0.3, -0.25) is 4.79 Å². The van der Waals surface area contributed by atoms with E-state index in [1.807, 2.05) is 0 Å². The Balaban J connectivity index is 2.19. The van der Waals surface area contributed by atoms with Gasteiger partial charge in [0, 0.05) is 25.9 Å². The number of hydrogen-bond donors (Lipinski definition) is 3. The van der Waals surface area contributed by atoms with Gasteiger partial charge in [0.05, 0.1) is 0 Å². The number of terminal acetylenes is 1. The van der Waals surface area contributed by atoms with Gasteiger partial charge in [0.2, 0.25) is 5.91 Å². The maximum atomic E-state index is 11.3. The molecule has 5 nitrogen and oxygen atoms in total. The predicted octanol–water partition coefficient (Wildman–Crippen LogP) is -0.975. The zero-order valence-corrected chi connectivity index (χ0v) is 8.97. The smallest absolute Gasteiger partial charge is 0.221 e. The Morgan fingerprint density at radius 2 is 2.06 bits per heavy atom. The standard InChI is InChI=1S/C11H16N2O3/c1-2-3-7-12-9(14)6-8-13-10(15)4-5-11(13)16/h1,4-5,10-11,15-16H,3,6-8H2,(H,12,14). The molecule has 3 N–H and O–H groups in total. The van der Waals surface area contributed by atoms with Crippen LogP contribution in [-0.4, -0.2) is 46.6 Å². The number of amides is 1. The Morgan fingerprint density at radius 3 is 2.62 bits per heavy atom. The molecule has 0 aromatic rings. The molecule has 2 atom stereocenters. The lowest BCUT2D eigenvalue weighted by molar-refractivity contribution is -0.122. The normalized spacial score (nSPS) is 24.3. The van der Waals surface area contributed by atoms with E-state index >= 15 is 0 Å². The summed E-state index contributed by atoms with van der Waals surface area (Å²) >= 11 is 0. The Hall–Kier alpha value is -1.35. The van der Waals surface area contributed by atoms with Gasteiger partial charge in [-0.2, -0.15) is 0 Å². The third-order valence-electron chi connectivity index (χ3n) is 2.32. The molecule has 1 amide bonds. The van der Waals surface area contributed by atoms with Gasteiger partial charge < -0.3 is 15.5 Å². The number of aliphatic hydroxyl groups excluding tert-OH is 2. The van der Waals surface area contributed by atoms with Gasteiger partial charge >= 0.3 is 0 Å². The van der Waals surface area contributed by atoms with E-state index in [0.717, 1.165) is 0 Å². The third-order valence-corrected chi connectivity index (χ3v) is 2.32. The first-order valence-corrected chi connectivity index (χ1v) is 5.15. The van der Waals surface area contributed by atoms with Crippen molar-refractivity contribution in [1.29, 1.82) is 0 Å². The van der Waals surface area contributed by atoms with Crippen LogP contribution in [0.2, 0.25) is 0 Å². The number of rotatable bonds is 5. The van der Waals surface area contributed by atoms with Crippen LogP contribution in [0.1, 0.15) is 12.8 Å². The zero-order valence-electron chi connectivity index (χ0n) is 8.97. The molecule has 5 heteroatoms. The molecule has 0 fully saturated rings. The first kappa shape index (κ1) is 12.7. The molecule has 16 heavy (non-hydrogen) atoms. The summed E-state index contributed by atoms with van der Waals surface area (Å²) in [4.78, 5) is 12.7. The molecule has 2 unspecified atom stereocenters. The van der Waals surface area contributed by atoms with Gasteiger partial charge in [0.15, 0.2) is 0 Å². The summed E-state index contributed by atoms with van der Waals surface area (Å²) in [5.74, 6) is 2.28. The topological polar surface area (TPSA) is 72.8 Å². The average Bonchev–Trinajstić information content (AvgIpc) is 2.57. The van der Waals surface area contributed by atoms with Crippen molar-refractivity contribution in [1.82, 2.24) is 10.2 Å². The van der Waals surface area contributed by atoms with Crippen LogP contribution >= 0.6 is 0 Å². The van der Waals surface area contributed by atoms with Crippen molar-refractivity contribution in [2.75, 3.05) is 13.1 Å². The van der Waals surface area contributed by atoms with Crippen molar-refractivity contribution >= 4 is 5.91 Å². The van der Waals surface area contributed by atoms with Crippen LogP contribution in [0.15, 0.2) is 12.2 Å². The van der Waals surface area contributed by atoms with Crippen LogP contribution in [0.25, 0.3) is 0 Å². The largest absolute Gasteiger partial charge is 0.375 e. The van der Waals surface area contributed by atoms with Crippen LogP contribution in [0, 0.1) is 12.3 Å². The molecule has 1 rings (SSSR count). The molecular weight excluding hydrogens is 208 g/mol. The number of carbonyl (C=O) groups excluding carboxylic acids is 1. The zero-order chi connectivity index (χ0) is 12.0. The Morgan fingerprint density at radius 1 is 1.44 bits per heavy atom. The maximum absolute atomic E-state index is 11.3. The third kappa shape index (κ3) is 3.66. The second kappa shape index (κ2) is 6.28. The minimum atomic E-state index is -0.812. The molecule has 0 bridgehead atoms. The van der Waals surface area contributed by atoms with E-state index in [0.29, 0.717) is 19.5 Å². The summed E-state index contributed by atoms with van der Waals surface area (Å²) in [6.07, 6.45) is 7.12. The minimum absolute atomic E-state index is 0.137.